The molecule has 1 fully saturated rings. The Bertz CT molecular complexity index is 407. The van der Waals surface area contributed by atoms with Gasteiger partial charge in [-0.25, -0.2) is 4.79 Å². The van der Waals surface area contributed by atoms with Gasteiger partial charge in [-0.1, -0.05) is 37.3 Å². The predicted octanol–water partition coefficient (Wildman–Crippen LogP) is 3.00. The molecule has 0 radical (unpaired) electrons. The maximum Gasteiger partial charge on any atom is 0.410 e. The molecule has 1 aromatic rings. The molecule has 4 nitrogen and oxygen atoms in total. The van der Waals surface area contributed by atoms with Gasteiger partial charge in [-0.3, -0.25) is 0 Å². The molecule has 0 saturated carbocycles. The van der Waals surface area contributed by atoms with Crippen molar-refractivity contribution in [2.45, 2.75) is 32.4 Å². The zero-order valence-electron chi connectivity index (χ0n) is 11.5. The lowest BCUT2D eigenvalue weighted by atomic mass is 10.0. The first-order valence-electron chi connectivity index (χ1n) is 6.84. The van der Waals surface area contributed by atoms with Crippen molar-refractivity contribution in [3.63, 3.8) is 0 Å². The van der Waals surface area contributed by atoms with E-state index in [1.807, 2.05) is 44.2 Å². The summed E-state index contributed by atoms with van der Waals surface area (Å²) >= 11 is 0. The monoisotopic (exact) mass is 263 g/mol. The van der Waals surface area contributed by atoms with E-state index in [2.05, 4.69) is 0 Å². The van der Waals surface area contributed by atoms with E-state index in [4.69, 9.17) is 9.47 Å². The van der Waals surface area contributed by atoms with Crippen LogP contribution < -0.4 is 0 Å². The molecule has 4 heteroatoms. The van der Waals surface area contributed by atoms with Crippen LogP contribution in [0, 0.1) is 0 Å². The molecule has 2 atom stereocenters. The third-order valence-corrected chi connectivity index (χ3v) is 3.35. The summed E-state index contributed by atoms with van der Waals surface area (Å²) in [5, 5.41) is 0. The Morgan fingerprint density at radius 2 is 2.16 bits per heavy atom. The number of nitrogens with zero attached hydrogens (tertiary/aromatic N) is 1. The summed E-state index contributed by atoms with van der Waals surface area (Å²) < 4.78 is 11.0. The van der Waals surface area contributed by atoms with Crippen molar-refractivity contribution in [2.24, 2.45) is 0 Å². The van der Waals surface area contributed by atoms with E-state index in [-0.39, 0.29) is 18.2 Å². The molecular weight excluding hydrogens is 242 g/mol. The van der Waals surface area contributed by atoms with Gasteiger partial charge in [-0.2, -0.15) is 0 Å². The van der Waals surface area contributed by atoms with Crippen molar-refractivity contribution in [2.75, 3.05) is 19.8 Å². The van der Waals surface area contributed by atoms with Crippen LogP contribution in [0.25, 0.3) is 0 Å². The lowest BCUT2D eigenvalue weighted by Gasteiger charge is -2.38. The number of carbonyl (C=O) groups is 1. The second-order valence-electron chi connectivity index (χ2n) is 4.75. The van der Waals surface area contributed by atoms with Crippen LogP contribution in [-0.2, 0) is 9.47 Å². The van der Waals surface area contributed by atoms with Crippen molar-refractivity contribution in [3.8, 4) is 0 Å². The summed E-state index contributed by atoms with van der Waals surface area (Å²) in [5.74, 6) is 0. The number of amides is 1. The van der Waals surface area contributed by atoms with Crippen LogP contribution in [-0.4, -0.2) is 36.8 Å². The number of morpholine rings is 1. The molecular formula is C15H21NO3. The zero-order chi connectivity index (χ0) is 13.7. The van der Waals surface area contributed by atoms with E-state index >= 15 is 0 Å². The van der Waals surface area contributed by atoms with E-state index in [9.17, 15) is 4.79 Å². The van der Waals surface area contributed by atoms with Crippen molar-refractivity contribution < 1.29 is 14.3 Å². The van der Waals surface area contributed by atoms with Crippen LogP contribution in [0.1, 0.15) is 31.9 Å². The third kappa shape index (κ3) is 3.26. The van der Waals surface area contributed by atoms with Crippen molar-refractivity contribution >= 4 is 6.09 Å². The first-order chi connectivity index (χ1) is 9.24. The molecule has 19 heavy (non-hydrogen) atoms. The third-order valence-electron chi connectivity index (χ3n) is 3.35. The van der Waals surface area contributed by atoms with Gasteiger partial charge >= 0.3 is 6.09 Å². The molecule has 0 aliphatic carbocycles. The van der Waals surface area contributed by atoms with E-state index in [0.29, 0.717) is 19.8 Å². The highest BCUT2D eigenvalue weighted by Gasteiger charge is 2.33. The van der Waals surface area contributed by atoms with Crippen LogP contribution in [0.4, 0.5) is 4.79 Å². The lowest BCUT2D eigenvalue weighted by Crippen LogP contribution is -2.48. The Labute approximate surface area is 114 Å². The van der Waals surface area contributed by atoms with Gasteiger partial charge in [-0.15, -0.1) is 0 Å². The van der Waals surface area contributed by atoms with E-state index in [1.165, 1.54) is 0 Å². The van der Waals surface area contributed by atoms with Gasteiger partial charge in [0.25, 0.3) is 0 Å². The van der Waals surface area contributed by atoms with Crippen LogP contribution in [0.5, 0.6) is 0 Å². The molecule has 0 spiro atoms. The maximum atomic E-state index is 12.0. The summed E-state index contributed by atoms with van der Waals surface area (Å²) in [6.45, 7) is 5.60. The zero-order valence-corrected chi connectivity index (χ0v) is 11.5. The van der Waals surface area contributed by atoms with Crippen LogP contribution in [0.15, 0.2) is 30.3 Å². The number of hydrogen-bond acceptors (Lipinski definition) is 3. The molecule has 1 heterocycles. The molecule has 104 valence electrons. The SMILES string of the molecule is CCCOC(=O)N1CCOC(c2ccccc2)C1C. The minimum atomic E-state index is -0.237. The predicted molar refractivity (Wildman–Crippen MR) is 72.9 cm³/mol. The quantitative estimate of drug-likeness (QED) is 0.841. The Hall–Kier alpha value is -1.55. The fourth-order valence-electron chi connectivity index (χ4n) is 2.33. The summed E-state index contributed by atoms with van der Waals surface area (Å²) in [5.41, 5.74) is 1.10. The van der Waals surface area contributed by atoms with Crippen molar-refractivity contribution in [1.82, 2.24) is 4.90 Å². The largest absolute Gasteiger partial charge is 0.449 e. The topological polar surface area (TPSA) is 38.8 Å². The van der Waals surface area contributed by atoms with E-state index in [0.717, 1.165) is 12.0 Å². The maximum absolute atomic E-state index is 12.0. The minimum Gasteiger partial charge on any atom is -0.449 e. The Morgan fingerprint density at radius 3 is 2.84 bits per heavy atom. The first kappa shape index (κ1) is 13.9. The van der Waals surface area contributed by atoms with Gasteiger partial charge < -0.3 is 14.4 Å². The summed E-state index contributed by atoms with van der Waals surface area (Å²) in [6, 6.07) is 9.99. The van der Waals surface area contributed by atoms with Gasteiger partial charge in [0.1, 0.15) is 6.10 Å². The Balaban J connectivity index is 2.06. The summed E-state index contributed by atoms with van der Waals surface area (Å²) in [7, 11) is 0. The number of rotatable bonds is 3. The fourth-order valence-corrected chi connectivity index (χ4v) is 2.33. The number of hydrogen-bond donors (Lipinski definition) is 0. The number of benzene rings is 1. The smallest absolute Gasteiger partial charge is 0.410 e. The average molecular weight is 263 g/mol. The van der Waals surface area contributed by atoms with Crippen molar-refractivity contribution in [1.29, 1.82) is 0 Å². The van der Waals surface area contributed by atoms with Gasteiger partial charge in [0, 0.05) is 6.54 Å². The molecule has 1 aliphatic heterocycles. The lowest BCUT2D eigenvalue weighted by molar-refractivity contribution is -0.0616. The Morgan fingerprint density at radius 1 is 1.42 bits per heavy atom. The normalized spacial score (nSPS) is 23.2. The highest BCUT2D eigenvalue weighted by Crippen LogP contribution is 2.28. The van der Waals surface area contributed by atoms with E-state index < -0.39 is 0 Å². The fraction of sp³-hybridized carbons (Fsp3) is 0.533. The minimum absolute atomic E-state index is 0.0134. The van der Waals surface area contributed by atoms with E-state index in [1.54, 1.807) is 4.90 Å². The van der Waals surface area contributed by atoms with Crippen LogP contribution >= 0.6 is 0 Å². The standard InChI is InChI=1S/C15H21NO3/c1-3-10-19-15(17)16-9-11-18-14(12(16)2)13-7-5-4-6-8-13/h4-8,12,14H,3,9-11H2,1-2H3. The molecule has 2 unspecified atom stereocenters. The van der Waals surface area contributed by atoms with Crippen LogP contribution in [0.3, 0.4) is 0 Å². The summed E-state index contributed by atoms with van der Waals surface area (Å²) in [6.07, 6.45) is 0.523. The average Bonchev–Trinajstić information content (AvgIpc) is 2.46. The second-order valence-corrected chi connectivity index (χ2v) is 4.75. The van der Waals surface area contributed by atoms with Gasteiger partial charge in [0.2, 0.25) is 0 Å². The van der Waals surface area contributed by atoms with Crippen molar-refractivity contribution in [3.05, 3.63) is 35.9 Å². The van der Waals surface area contributed by atoms with Gasteiger partial charge in [0.05, 0.1) is 19.3 Å². The molecule has 2 rings (SSSR count). The number of carbonyl (C=O) groups excluding carboxylic acids is 1. The molecule has 1 amide bonds. The van der Waals surface area contributed by atoms with Gasteiger partial charge in [0.15, 0.2) is 0 Å². The summed E-state index contributed by atoms with van der Waals surface area (Å²) in [4.78, 5) is 13.8. The molecule has 0 bridgehead atoms. The number of ether oxygens (including phenoxy) is 2. The highest BCUT2D eigenvalue weighted by atomic mass is 16.6. The molecule has 1 aliphatic rings. The van der Waals surface area contributed by atoms with Crippen LogP contribution in [0.2, 0.25) is 0 Å². The second kappa shape index (κ2) is 6.57. The molecule has 1 saturated heterocycles. The Kier molecular flexibility index (Phi) is 4.80. The first-order valence-corrected chi connectivity index (χ1v) is 6.84. The highest BCUT2D eigenvalue weighted by molar-refractivity contribution is 5.68. The van der Waals surface area contributed by atoms with Gasteiger partial charge in [-0.05, 0) is 18.9 Å². The molecule has 1 aromatic carbocycles. The molecule has 0 N–H and O–H groups in total. The molecule has 0 aromatic heterocycles.